The largest absolute Gasteiger partial charge is 0.490 e. The van der Waals surface area contributed by atoms with Crippen molar-refractivity contribution in [1.29, 1.82) is 0 Å². The molecule has 0 bridgehead atoms. The van der Waals surface area contributed by atoms with E-state index in [1.165, 1.54) is 17.7 Å². The van der Waals surface area contributed by atoms with Gasteiger partial charge in [0.1, 0.15) is 6.61 Å². The fourth-order valence-electron chi connectivity index (χ4n) is 4.32. The first-order valence-corrected chi connectivity index (χ1v) is 11.4. The monoisotopic (exact) mass is 432 g/mol. The van der Waals surface area contributed by atoms with Gasteiger partial charge in [0.15, 0.2) is 11.5 Å². The van der Waals surface area contributed by atoms with Crippen LogP contribution < -0.4 is 9.47 Å². The topological polar surface area (TPSA) is 27.7 Å². The van der Waals surface area contributed by atoms with Gasteiger partial charge >= 0.3 is 0 Å². The molecule has 1 aliphatic carbocycles. The van der Waals surface area contributed by atoms with E-state index >= 15 is 0 Å². The normalized spacial score (nSPS) is 23.7. The van der Waals surface area contributed by atoms with Crippen molar-refractivity contribution in [3.63, 3.8) is 0 Å². The van der Waals surface area contributed by atoms with Crippen LogP contribution in [-0.2, 0) is 4.74 Å². The fraction of sp³-hybridized carbons (Fsp3) is 0.538. The fourth-order valence-corrected chi connectivity index (χ4v) is 4.32. The molecule has 0 aromatic heterocycles. The molecule has 1 aromatic carbocycles. The van der Waals surface area contributed by atoms with Crippen LogP contribution in [-0.4, -0.2) is 25.9 Å². The minimum absolute atomic E-state index is 0.0776. The van der Waals surface area contributed by atoms with E-state index in [2.05, 4.69) is 25.7 Å². The number of ether oxygens (including phenoxy) is 3. The lowest BCUT2D eigenvalue weighted by atomic mass is 9.78. The van der Waals surface area contributed by atoms with Gasteiger partial charge in [-0.05, 0) is 62.1 Å². The molecule has 0 spiro atoms. The highest BCUT2D eigenvalue weighted by Gasteiger charge is 2.28. The lowest BCUT2D eigenvalue weighted by Gasteiger charge is -2.34. The van der Waals surface area contributed by atoms with Crippen molar-refractivity contribution < 1.29 is 23.0 Å². The molecule has 170 valence electrons. The van der Waals surface area contributed by atoms with E-state index in [9.17, 15) is 8.78 Å². The average molecular weight is 433 g/mol. The lowest BCUT2D eigenvalue weighted by molar-refractivity contribution is -0.0121. The number of hydrogen-bond donors (Lipinski definition) is 0. The molecule has 3 nitrogen and oxygen atoms in total. The van der Waals surface area contributed by atoms with Crippen LogP contribution in [0.5, 0.6) is 11.5 Å². The Balaban J connectivity index is 1.56. The van der Waals surface area contributed by atoms with Gasteiger partial charge in [0.2, 0.25) is 11.6 Å². The maximum Gasteiger partial charge on any atom is 0.204 e. The molecular weight excluding hydrogens is 398 g/mol. The van der Waals surface area contributed by atoms with E-state index in [-0.39, 0.29) is 18.1 Å². The van der Waals surface area contributed by atoms with Crippen molar-refractivity contribution in [2.24, 2.45) is 11.8 Å². The third-order valence-electron chi connectivity index (χ3n) is 6.07. The standard InChI is InChI=1S/C26H34F2O3/c1-4-6-7-21-10-9-20(17-30-21)22-11-8-19(15-18(22)3)16-31-24-13-12-23(29-14-5-2)25(27)26(24)28/h4,8,11-13,18,20-21H,1,5-7,9-10,14-17H2,2-3H3. The molecule has 1 aromatic rings. The number of rotatable bonds is 10. The third kappa shape index (κ3) is 6.19. The molecule has 0 saturated carbocycles. The first kappa shape index (κ1) is 23.5. The smallest absolute Gasteiger partial charge is 0.204 e. The number of benzene rings is 1. The Hall–Kier alpha value is -2.14. The molecule has 2 aliphatic rings. The van der Waals surface area contributed by atoms with Crippen molar-refractivity contribution in [3.05, 3.63) is 59.7 Å². The van der Waals surface area contributed by atoms with Gasteiger partial charge in [0.25, 0.3) is 0 Å². The first-order chi connectivity index (χ1) is 15.0. The van der Waals surface area contributed by atoms with E-state index in [0.29, 0.717) is 24.5 Å². The maximum absolute atomic E-state index is 14.3. The first-order valence-electron chi connectivity index (χ1n) is 11.4. The molecule has 0 radical (unpaired) electrons. The summed E-state index contributed by atoms with van der Waals surface area (Å²) >= 11 is 0. The summed E-state index contributed by atoms with van der Waals surface area (Å²) in [5, 5.41) is 0. The van der Waals surface area contributed by atoms with Gasteiger partial charge in [-0.15, -0.1) is 6.58 Å². The second-order valence-corrected chi connectivity index (χ2v) is 8.52. The lowest BCUT2D eigenvalue weighted by Crippen LogP contribution is -2.29. The Labute approximate surface area is 184 Å². The van der Waals surface area contributed by atoms with Crippen molar-refractivity contribution in [2.75, 3.05) is 19.8 Å². The van der Waals surface area contributed by atoms with Gasteiger partial charge in [-0.2, -0.15) is 8.78 Å². The molecule has 5 heteroatoms. The number of hydrogen-bond acceptors (Lipinski definition) is 3. The quantitative estimate of drug-likeness (QED) is 0.381. The van der Waals surface area contributed by atoms with Crippen molar-refractivity contribution in [3.8, 4) is 11.5 Å². The highest BCUT2D eigenvalue weighted by molar-refractivity contribution is 5.36. The predicted octanol–water partition coefficient (Wildman–Crippen LogP) is 6.79. The van der Waals surface area contributed by atoms with Crippen LogP contribution >= 0.6 is 0 Å². The second kappa shape index (κ2) is 11.5. The van der Waals surface area contributed by atoms with Crippen LogP contribution in [0.1, 0.15) is 52.4 Å². The molecule has 1 aliphatic heterocycles. The Morgan fingerprint density at radius 3 is 2.48 bits per heavy atom. The Bertz CT molecular complexity index is 807. The van der Waals surface area contributed by atoms with E-state index in [4.69, 9.17) is 14.2 Å². The maximum atomic E-state index is 14.3. The molecule has 31 heavy (non-hydrogen) atoms. The zero-order valence-electron chi connectivity index (χ0n) is 18.7. The average Bonchev–Trinajstić information content (AvgIpc) is 2.78. The van der Waals surface area contributed by atoms with Crippen LogP contribution in [0.4, 0.5) is 8.78 Å². The van der Waals surface area contributed by atoms with Gasteiger partial charge in [-0.25, -0.2) is 0 Å². The van der Waals surface area contributed by atoms with Crippen LogP contribution in [0.2, 0.25) is 0 Å². The van der Waals surface area contributed by atoms with E-state index in [1.807, 2.05) is 13.0 Å². The summed E-state index contributed by atoms with van der Waals surface area (Å²) in [7, 11) is 0. The number of allylic oxidation sites excluding steroid dienone is 3. The second-order valence-electron chi connectivity index (χ2n) is 8.52. The summed E-state index contributed by atoms with van der Waals surface area (Å²) in [4.78, 5) is 0. The van der Waals surface area contributed by atoms with Crippen LogP contribution in [0, 0.1) is 23.5 Å². The van der Waals surface area contributed by atoms with Gasteiger partial charge in [-0.3, -0.25) is 0 Å². The zero-order valence-corrected chi connectivity index (χ0v) is 18.7. The van der Waals surface area contributed by atoms with Gasteiger partial charge in [0.05, 0.1) is 19.3 Å². The van der Waals surface area contributed by atoms with Crippen molar-refractivity contribution in [2.45, 2.75) is 58.5 Å². The highest BCUT2D eigenvalue weighted by Crippen LogP contribution is 2.36. The van der Waals surface area contributed by atoms with Crippen molar-refractivity contribution >= 4 is 0 Å². The molecule has 3 rings (SSSR count). The summed E-state index contributed by atoms with van der Waals surface area (Å²) in [5.74, 6) is -1.33. The molecular formula is C26H34F2O3. The molecule has 3 atom stereocenters. The molecule has 1 saturated heterocycles. The molecule has 1 heterocycles. The molecule has 0 amide bonds. The molecule has 3 unspecified atom stereocenters. The minimum atomic E-state index is -1.00. The SMILES string of the molecule is C=CCCC1CCC(C2=CC=C(COc3ccc(OCCC)c(F)c3F)CC2C)CO1. The van der Waals surface area contributed by atoms with Crippen LogP contribution in [0.25, 0.3) is 0 Å². The summed E-state index contributed by atoms with van der Waals surface area (Å²) in [6.45, 7) is 9.26. The summed E-state index contributed by atoms with van der Waals surface area (Å²) in [6, 6.07) is 2.85. The Morgan fingerprint density at radius 1 is 1.13 bits per heavy atom. The van der Waals surface area contributed by atoms with E-state index in [0.717, 1.165) is 50.7 Å². The minimum Gasteiger partial charge on any atom is -0.490 e. The van der Waals surface area contributed by atoms with E-state index in [1.54, 1.807) is 0 Å². The van der Waals surface area contributed by atoms with Gasteiger partial charge in [-0.1, -0.05) is 37.6 Å². The van der Waals surface area contributed by atoms with Gasteiger partial charge < -0.3 is 14.2 Å². The van der Waals surface area contributed by atoms with E-state index < -0.39 is 11.6 Å². The van der Waals surface area contributed by atoms with Crippen LogP contribution in [0.15, 0.2) is 48.1 Å². The predicted molar refractivity (Wildman–Crippen MR) is 119 cm³/mol. The highest BCUT2D eigenvalue weighted by atomic mass is 19.2. The van der Waals surface area contributed by atoms with Crippen molar-refractivity contribution in [1.82, 2.24) is 0 Å². The molecule has 0 N–H and O–H groups in total. The summed E-state index contributed by atoms with van der Waals surface area (Å²) in [6.07, 6.45) is 12.4. The molecule has 1 fully saturated rings. The Kier molecular flexibility index (Phi) is 8.70. The number of halogens is 2. The summed E-state index contributed by atoms with van der Waals surface area (Å²) < 4.78 is 45.3. The van der Waals surface area contributed by atoms with Crippen LogP contribution in [0.3, 0.4) is 0 Å². The van der Waals surface area contributed by atoms with Gasteiger partial charge in [0, 0.05) is 5.92 Å². The zero-order chi connectivity index (χ0) is 22.2. The Morgan fingerprint density at radius 2 is 1.87 bits per heavy atom. The third-order valence-corrected chi connectivity index (χ3v) is 6.07. The summed E-state index contributed by atoms with van der Waals surface area (Å²) in [5.41, 5.74) is 2.49.